The third-order valence-electron chi connectivity index (χ3n) is 2.34. The second kappa shape index (κ2) is 5.21. The summed E-state index contributed by atoms with van der Waals surface area (Å²) in [6.45, 7) is 12.6. The van der Waals surface area contributed by atoms with Gasteiger partial charge >= 0.3 is 0 Å². The maximum atomic E-state index is 3.65. The third-order valence-corrected chi connectivity index (χ3v) is 2.34. The largest absolute Gasteiger partial charge is 0.130 e. The van der Waals surface area contributed by atoms with Crippen LogP contribution in [0.25, 0.3) is 0 Å². The molecule has 0 saturated carbocycles. The lowest BCUT2D eigenvalue weighted by Gasteiger charge is -2.18. The van der Waals surface area contributed by atoms with Gasteiger partial charge < -0.3 is 0 Å². The zero-order valence-corrected chi connectivity index (χ0v) is 8.28. The second-order valence-corrected chi connectivity index (χ2v) is 3.57. The van der Waals surface area contributed by atoms with Crippen LogP contribution in [0, 0.1) is 11.8 Å². The molecular formula is C11H20. The lowest BCUT2D eigenvalue weighted by atomic mass is 9.88. The van der Waals surface area contributed by atoms with E-state index in [1.54, 1.807) is 0 Å². The summed E-state index contributed by atoms with van der Waals surface area (Å²) in [5.41, 5.74) is 4.25. The van der Waals surface area contributed by atoms with Crippen LogP contribution in [0.3, 0.4) is 0 Å². The SMILES string of the molecule is C=C=C(C)CC(CC)C(C)C. The van der Waals surface area contributed by atoms with Crippen molar-refractivity contribution in [2.75, 3.05) is 0 Å². The van der Waals surface area contributed by atoms with E-state index in [2.05, 4.69) is 40.0 Å². The molecule has 1 unspecified atom stereocenters. The molecule has 0 heterocycles. The summed E-state index contributed by atoms with van der Waals surface area (Å²) >= 11 is 0. The highest BCUT2D eigenvalue weighted by atomic mass is 14.2. The maximum absolute atomic E-state index is 3.65. The van der Waals surface area contributed by atoms with Crippen molar-refractivity contribution in [3.63, 3.8) is 0 Å². The maximum Gasteiger partial charge on any atom is -0.0216 e. The standard InChI is InChI=1S/C11H20/c1-6-10(5)8-11(7-2)9(3)4/h9,11H,1,7-8H2,2-5H3. The van der Waals surface area contributed by atoms with Gasteiger partial charge in [0.25, 0.3) is 0 Å². The summed E-state index contributed by atoms with van der Waals surface area (Å²) in [4.78, 5) is 0. The quantitative estimate of drug-likeness (QED) is 0.538. The highest BCUT2D eigenvalue weighted by molar-refractivity contribution is 4.95. The van der Waals surface area contributed by atoms with Crippen LogP contribution in [0.4, 0.5) is 0 Å². The fourth-order valence-electron chi connectivity index (χ4n) is 1.32. The topological polar surface area (TPSA) is 0 Å². The normalized spacial score (nSPS) is 12.8. The van der Waals surface area contributed by atoms with E-state index in [4.69, 9.17) is 0 Å². The molecule has 0 rings (SSSR count). The van der Waals surface area contributed by atoms with Crippen LogP contribution >= 0.6 is 0 Å². The van der Waals surface area contributed by atoms with Gasteiger partial charge in [0.2, 0.25) is 0 Å². The highest BCUT2D eigenvalue weighted by Crippen LogP contribution is 2.22. The van der Waals surface area contributed by atoms with Gasteiger partial charge in [-0.15, -0.1) is 5.73 Å². The van der Waals surface area contributed by atoms with Crippen molar-refractivity contribution in [1.82, 2.24) is 0 Å². The van der Waals surface area contributed by atoms with Crippen molar-refractivity contribution in [3.05, 3.63) is 17.9 Å². The minimum absolute atomic E-state index is 0.781. The molecule has 0 nitrogen and oxygen atoms in total. The average molecular weight is 152 g/mol. The summed E-state index contributed by atoms with van der Waals surface area (Å²) in [6, 6.07) is 0. The van der Waals surface area contributed by atoms with Crippen LogP contribution in [0.2, 0.25) is 0 Å². The predicted octanol–water partition coefficient (Wildman–Crippen LogP) is 3.79. The molecule has 0 amide bonds. The molecule has 0 radical (unpaired) electrons. The molecule has 0 aliphatic heterocycles. The minimum atomic E-state index is 0.781. The van der Waals surface area contributed by atoms with Gasteiger partial charge in [0.1, 0.15) is 0 Å². The van der Waals surface area contributed by atoms with Gasteiger partial charge in [0.15, 0.2) is 0 Å². The first kappa shape index (κ1) is 10.5. The van der Waals surface area contributed by atoms with E-state index in [9.17, 15) is 0 Å². The molecular weight excluding hydrogens is 132 g/mol. The Morgan fingerprint density at radius 3 is 2.27 bits per heavy atom. The summed E-state index contributed by atoms with van der Waals surface area (Å²) in [6.07, 6.45) is 2.42. The van der Waals surface area contributed by atoms with Crippen molar-refractivity contribution in [2.24, 2.45) is 11.8 Å². The van der Waals surface area contributed by atoms with Crippen molar-refractivity contribution < 1.29 is 0 Å². The zero-order chi connectivity index (χ0) is 8.85. The molecule has 64 valence electrons. The molecule has 0 bridgehead atoms. The van der Waals surface area contributed by atoms with Gasteiger partial charge in [0.05, 0.1) is 0 Å². The molecule has 0 aliphatic carbocycles. The average Bonchev–Trinajstić information content (AvgIpc) is 1.99. The van der Waals surface area contributed by atoms with Crippen LogP contribution in [-0.4, -0.2) is 0 Å². The molecule has 11 heavy (non-hydrogen) atoms. The molecule has 0 saturated heterocycles. The van der Waals surface area contributed by atoms with Gasteiger partial charge in [-0.05, 0) is 30.8 Å². The van der Waals surface area contributed by atoms with E-state index in [0.717, 1.165) is 18.3 Å². The van der Waals surface area contributed by atoms with Crippen LogP contribution in [0.15, 0.2) is 17.9 Å². The van der Waals surface area contributed by atoms with Crippen molar-refractivity contribution >= 4 is 0 Å². The smallest absolute Gasteiger partial charge is 0.0216 e. The van der Waals surface area contributed by atoms with Crippen LogP contribution < -0.4 is 0 Å². The Morgan fingerprint density at radius 2 is 2.00 bits per heavy atom. The lowest BCUT2D eigenvalue weighted by Crippen LogP contribution is -2.07. The predicted molar refractivity (Wildman–Crippen MR) is 51.6 cm³/mol. The number of hydrogen-bond donors (Lipinski definition) is 0. The first-order chi connectivity index (χ1) is 5.11. The number of rotatable bonds is 4. The number of allylic oxidation sites excluding steroid dienone is 1. The molecule has 0 heteroatoms. The molecule has 0 spiro atoms. The third kappa shape index (κ3) is 4.06. The lowest BCUT2D eigenvalue weighted by molar-refractivity contribution is 0.370. The van der Waals surface area contributed by atoms with E-state index < -0.39 is 0 Å². The molecule has 1 atom stereocenters. The van der Waals surface area contributed by atoms with E-state index >= 15 is 0 Å². The Hall–Kier alpha value is -0.480. The van der Waals surface area contributed by atoms with E-state index in [-0.39, 0.29) is 0 Å². The van der Waals surface area contributed by atoms with Gasteiger partial charge in [-0.2, -0.15) is 0 Å². The Labute approximate surface area is 71.0 Å². The summed E-state index contributed by atoms with van der Waals surface area (Å²) < 4.78 is 0. The van der Waals surface area contributed by atoms with Crippen molar-refractivity contribution in [3.8, 4) is 0 Å². The van der Waals surface area contributed by atoms with E-state index in [1.807, 2.05) is 0 Å². The summed E-state index contributed by atoms with van der Waals surface area (Å²) in [7, 11) is 0. The molecule has 0 aromatic rings. The van der Waals surface area contributed by atoms with Gasteiger partial charge in [-0.3, -0.25) is 0 Å². The fraction of sp³-hybridized carbons (Fsp3) is 0.727. The van der Waals surface area contributed by atoms with Crippen LogP contribution in [0.1, 0.15) is 40.5 Å². The monoisotopic (exact) mass is 152 g/mol. The zero-order valence-electron chi connectivity index (χ0n) is 8.28. The van der Waals surface area contributed by atoms with Gasteiger partial charge in [-0.1, -0.05) is 33.8 Å². The second-order valence-electron chi connectivity index (χ2n) is 3.57. The molecule has 0 fully saturated rings. The summed E-state index contributed by atoms with van der Waals surface area (Å²) in [5.74, 6) is 1.59. The first-order valence-corrected chi connectivity index (χ1v) is 4.47. The fourth-order valence-corrected chi connectivity index (χ4v) is 1.32. The van der Waals surface area contributed by atoms with Crippen molar-refractivity contribution in [1.29, 1.82) is 0 Å². The Balaban J connectivity index is 3.98. The van der Waals surface area contributed by atoms with Crippen molar-refractivity contribution in [2.45, 2.75) is 40.5 Å². The molecule has 0 aromatic heterocycles. The Kier molecular flexibility index (Phi) is 4.98. The Morgan fingerprint density at radius 1 is 1.45 bits per heavy atom. The highest BCUT2D eigenvalue weighted by Gasteiger charge is 2.10. The number of hydrogen-bond acceptors (Lipinski definition) is 0. The molecule has 0 aliphatic rings. The molecule has 0 aromatic carbocycles. The first-order valence-electron chi connectivity index (χ1n) is 4.47. The Bertz CT molecular complexity index is 147. The van der Waals surface area contributed by atoms with E-state index in [0.29, 0.717) is 0 Å². The summed E-state index contributed by atoms with van der Waals surface area (Å²) in [5, 5.41) is 0. The van der Waals surface area contributed by atoms with Gasteiger partial charge in [0, 0.05) is 0 Å². The minimum Gasteiger partial charge on any atom is -0.130 e. The van der Waals surface area contributed by atoms with E-state index in [1.165, 1.54) is 12.0 Å². The molecule has 0 N–H and O–H groups in total. The van der Waals surface area contributed by atoms with Crippen LogP contribution in [0.5, 0.6) is 0 Å². The van der Waals surface area contributed by atoms with Gasteiger partial charge in [-0.25, -0.2) is 0 Å². The van der Waals surface area contributed by atoms with Crippen LogP contribution in [-0.2, 0) is 0 Å².